The molecule has 7 nitrogen and oxygen atoms in total. The third kappa shape index (κ3) is 4.13. The summed E-state index contributed by atoms with van der Waals surface area (Å²) in [5, 5.41) is 9.53. The highest BCUT2D eigenvalue weighted by Crippen LogP contribution is 2.24. The predicted molar refractivity (Wildman–Crippen MR) is 103 cm³/mol. The number of ether oxygens (including phenoxy) is 1. The molecule has 27 heavy (non-hydrogen) atoms. The zero-order valence-corrected chi connectivity index (χ0v) is 15.9. The molecule has 3 aromatic rings. The Morgan fingerprint density at radius 3 is 2.89 bits per heavy atom. The van der Waals surface area contributed by atoms with Crippen LogP contribution in [0.1, 0.15) is 16.2 Å². The molecule has 9 heteroatoms. The lowest BCUT2D eigenvalue weighted by Crippen LogP contribution is -2.40. The van der Waals surface area contributed by atoms with Gasteiger partial charge in [-0.15, -0.1) is 11.3 Å². The molecular weight excluding hydrogens is 388 g/mol. The zero-order chi connectivity index (χ0) is 18.6. The molecule has 3 heterocycles. The van der Waals surface area contributed by atoms with E-state index in [4.69, 9.17) is 20.9 Å². The summed E-state index contributed by atoms with van der Waals surface area (Å²) in [6.45, 7) is 2.64. The fourth-order valence-corrected chi connectivity index (χ4v) is 3.66. The number of rotatable bonds is 5. The Hall–Kier alpha value is -2.42. The highest BCUT2D eigenvalue weighted by molar-refractivity contribution is 7.13. The Labute approximate surface area is 164 Å². The highest BCUT2D eigenvalue weighted by atomic mass is 35.5. The van der Waals surface area contributed by atoms with Gasteiger partial charge < -0.3 is 19.5 Å². The third-order valence-corrected chi connectivity index (χ3v) is 5.33. The number of hydrogen-bond donors (Lipinski definition) is 1. The van der Waals surface area contributed by atoms with Gasteiger partial charge in [0.1, 0.15) is 0 Å². The lowest BCUT2D eigenvalue weighted by molar-refractivity contribution is 0.0303. The standard InChI is InChI=1S/C18H17ClN4O3S/c19-14-10-12(3-4-13(14)18(24)23-5-7-25-8-6-23)20-11-16-21-17(22-26-16)15-2-1-9-27-15/h1-4,9-10,20H,5-8,11H2. The highest BCUT2D eigenvalue weighted by Gasteiger charge is 2.20. The quantitative estimate of drug-likeness (QED) is 0.700. The monoisotopic (exact) mass is 404 g/mol. The van der Waals surface area contributed by atoms with Crippen LogP contribution in [-0.2, 0) is 11.3 Å². The average Bonchev–Trinajstić information content (AvgIpc) is 3.38. The van der Waals surface area contributed by atoms with Gasteiger partial charge in [0.25, 0.3) is 5.91 Å². The van der Waals surface area contributed by atoms with E-state index in [1.54, 1.807) is 28.4 Å². The zero-order valence-electron chi connectivity index (χ0n) is 14.4. The fraction of sp³-hybridized carbons (Fsp3) is 0.278. The van der Waals surface area contributed by atoms with Crippen molar-refractivity contribution in [2.24, 2.45) is 0 Å². The maximum atomic E-state index is 12.6. The minimum absolute atomic E-state index is 0.0765. The molecule has 0 radical (unpaired) electrons. The number of nitrogens with one attached hydrogen (secondary N) is 1. The number of nitrogens with zero attached hydrogens (tertiary/aromatic N) is 3. The molecule has 4 rings (SSSR count). The molecule has 1 aliphatic heterocycles. The number of halogens is 1. The maximum Gasteiger partial charge on any atom is 0.255 e. The number of benzene rings is 1. The largest absolute Gasteiger partial charge is 0.378 e. The molecule has 2 aromatic heterocycles. The number of hydrogen-bond acceptors (Lipinski definition) is 7. The normalized spacial score (nSPS) is 14.3. The van der Waals surface area contributed by atoms with Crippen molar-refractivity contribution in [2.45, 2.75) is 6.54 Å². The number of carbonyl (C=O) groups excluding carboxylic acids is 1. The molecule has 1 aromatic carbocycles. The van der Waals surface area contributed by atoms with Gasteiger partial charge in [-0.3, -0.25) is 4.79 Å². The van der Waals surface area contributed by atoms with Crippen molar-refractivity contribution >= 4 is 34.5 Å². The van der Waals surface area contributed by atoms with Crippen LogP contribution >= 0.6 is 22.9 Å². The molecule has 1 fully saturated rings. The van der Waals surface area contributed by atoms with Gasteiger partial charge in [-0.05, 0) is 29.6 Å². The van der Waals surface area contributed by atoms with Crippen LogP contribution in [0.25, 0.3) is 10.7 Å². The summed E-state index contributed by atoms with van der Waals surface area (Å²) in [6.07, 6.45) is 0. The number of carbonyl (C=O) groups is 1. The Kier molecular flexibility index (Phi) is 5.38. The second-order valence-electron chi connectivity index (χ2n) is 5.94. The molecule has 0 atom stereocenters. The van der Waals surface area contributed by atoms with Gasteiger partial charge in [0, 0.05) is 18.8 Å². The summed E-state index contributed by atoms with van der Waals surface area (Å²) < 4.78 is 10.5. The van der Waals surface area contributed by atoms with Gasteiger partial charge in [-0.1, -0.05) is 22.8 Å². The first-order chi connectivity index (χ1) is 13.2. The second kappa shape index (κ2) is 8.08. The molecule has 0 bridgehead atoms. The van der Waals surface area contributed by atoms with E-state index in [9.17, 15) is 4.79 Å². The van der Waals surface area contributed by atoms with Crippen LogP contribution < -0.4 is 5.32 Å². The van der Waals surface area contributed by atoms with Crippen molar-refractivity contribution in [3.8, 4) is 10.7 Å². The Morgan fingerprint density at radius 1 is 1.30 bits per heavy atom. The first-order valence-corrected chi connectivity index (χ1v) is 9.73. The van der Waals surface area contributed by atoms with E-state index in [0.29, 0.717) is 55.1 Å². The van der Waals surface area contributed by atoms with Crippen molar-refractivity contribution in [3.63, 3.8) is 0 Å². The fourth-order valence-electron chi connectivity index (χ4n) is 2.75. The van der Waals surface area contributed by atoms with Crippen LogP contribution in [0, 0.1) is 0 Å². The van der Waals surface area contributed by atoms with E-state index in [-0.39, 0.29) is 5.91 Å². The van der Waals surface area contributed by atoms with Crippen molar-refractivity contribution in [2.75, 3.05) is 31.6 Å². The van der Waals surface area contributed by atoms with Gasteiger partial charge in [0.2, 0.25) is 11.7 Å². The van der Waals surface area contributed by atoms with Crippen LogP contribution in [0.4, 0.5) is 5.69 Å². The van der Waals surface area contributed by atoms with Crippen LogP contribution in [0.2, 0.25) is 5.02 Å². The van der Waals surface area contributed by atoms with Gasteiger partial charge >= 0.3 is 0 Å². The van der Waals surface area contributed by atoms with Crippen molar-refractivity contribution in [3.05, 3.63) is 52.2 Å². The van der Waals surface area contributed by atoms with Crippen LogP contribution in [0.15, 0.2) is 40.2 Å². The lowest BCUT2D eigenvalue weighted by Gasteiger charge is -2.27. The summed E-state index contributed by atoms with van der Waals surface area (Å²) in [6, 6.07) is 9.15. The predicted octanol–water partition coefficient (Wildman–Crippen LogP) is 3.54. The van der Waals surface area contributed by atoms with E-state index < -0.39 is 0 Å². The van der Waals surface area contributed by atoms with Crippen molar-refractivity contribution in [1.29, 1.82) is 0 Å². The molecule has 0 aliphatic carbocycles. The van der Waals surface area contributed by atoms with Crippen LogP contribution in [0.3, 0.4) is 0 Å². The molecule has 1 N–H and O–H groups in total. The number of morpholine rings is 1. The maximum absolute atomic E-state index is 12.6. The van der Waals surface area contributed by atoms with E-state index in [1.165, 1.54) is 0 Å². The molecule has 0 saturated carbocycles. The smallest absolute Gasteiger partial charge is 0.255 e. The van der Waals surface area contributed by atoms with Crippen molar-refractivity contribution in [1.82, 2.24) is 15.0 Å². The van der Waals surface area contributed by atoms with Crippen LogP contribution in [-0.4, -0.2) is 47.3 Å². The number of anilines is 1. The van der Waals surface area contributed by atoms with Crippen LogP contribution in [0.5, 0.6) is 0 Å². The van der Waals surface area contributed by atoms with Gasteiger partial charge in [0.05, 0.1) is 35.2 Å². The molecule has 0 spiro atoms. The molecule has 140 valence electrons. The lowest BCUT2D eigenvalue weighted by atomic mass is 10.1. The van der Waals surface area contributed by atoms with Gasteiger partial charge in [-0.2, -0.15) is 4.98 Å². The summed E-state index contributed by atoms with van der Waals surface area (Å²) in [4.78, 5) is 19.6. The topological polar surface area (TPSA) is 80.5 Å². The summed E-state index contributed by atoms with van der Waals surface area (Å²) in [7, 11) is 0. The summed E-state index contributed by atoms with van der Waals surface area (Å²) in [5.41, 5.74) is 1.26. The molecule has 1 aliphatic rings. The minimum Gasteiger partial charge on any atom is -0.378 e. The third-order valence-electron chi connectivity index (χ3n) is 4.15. The number of amides is 1. The first-order valence-electron chi connectivity index (χ1n) is 8.47. The molecular formula is C18H17ClN4O3S. The van der Waals surface area contributed by atoms with E-state index >= 15 is 0 Å². The second-order valence-corrected chi connectivity index (χ2v) is 7.30. The number of aromatic nitrogens is 2. The Balaban J connectivity index is 1.40. The minimum atomic E-state index is -0.0765. The molecule has 1 saturated heterocycles. The first kappa shape index (κ1) is 18.0. The van der Waals surface area contributed by atoms with Crippen molar-refractivity contribution < 1.29 is 14.1 Å². The average molecular weight is 405 g/mol. The Bertz CT molecular complexity index is 923. The SMILES string of the molecule is O=C(c1ccc(NCc2nc(-c3cccs3)no2)cc1Cl)N1CCOCC1. The summed E-state index contributed by atoms with van der Waals surface area (Å²) >= 11 is 7.88. The molecule has 1 amide bonds. The van der Waals surface area contributed by atoms with Gasteiger partial charge in [0.15, 0.2) is 0 Å². The van der Waals surface area contributed by atoms with E-state index in [2.05, 4.69) is 15.5 Å². The Morgan fingerprint density at radius 2 is 2.15 bits per heavy atom. The molecule has 0 unspecified atom stereocenters. The van der Waals surface area contributed by atoms with E-state index in [0.717, 1.165) is 10.6 Å². The van der Waals surface area contributed by atoms with E-state index in [1.807, 2.05) is 23.6 Å². The number of thiophene rings is 1. The summed E-state index contributed by atoms with van der Waals surface area (Å²) in [5.74, 6) is 0.974. The van der Waals surface area contributed by atoms with Gasteiger partial charge in [-0.25, -0.2) is 0 Å².